The third-order valence-corrected chi connectivity index (χ3v) is 5.71. The molecule has 1 aromatic heterocycles. The van der Waals surface area contributed by atoms with Gasteiger partial charge in [0.05, 0.1) is 12.2 Å². The predicted octanol–water partition coefficient (Wildman–Crippen LogP) is 0.815. The van der Waals surface area contributed by atoms with Gasteiger partial charge in [-0.15, -0.1) is 5.10 Å². The Kier molecular flexibility index (Phi) is 5.99. The summed E-state index contributed by atoms with van der Waals surface area (Å²) in [5.74, 6) is 0.768. The van der Waals surface area contributed by atoms with Crippen molar-refractivity contribution in [2.75, 3.05) is 33.2 Å². The first kappa shape index (κ1) is 19.0. The van der Waals surface area contributed by atoms with E-state index in [-0.39, 0.29) is 11.9 Å². The number of hydrazine groups is 1. The maximum Gasteiger partial charge on any atom is 0.275 e. The van der Waals surface area contributed by atoms with Crippen molar-refractivity contribution < 1.29 is 4.79 Å². The maximum atomic E-state index is 12.8. The van der Waals surface area contributed by atoms with Crippen LogP contribution in [0.4, 0.5) is 0 Å². The summed E-state index contributed by atoms with van der Waals surface area (Å²) in [5, 5.41) is 11.7. The molecule has 3 unspecified atom stereocenters. The molecule has 8 nitrogen and oxygen atoms in total. The minimum Gasteiger partial charge on any atom is -0.340 e. The summed E-state index contributed by atoms with van der Waals surface area (Å²) >= 11 is 0. The van der Waals surface area contributed by atoms with Crippen molar-refractivity contribution in [1.29, 1.82) is 0 Å². The zero-order chi connectivity index (χ0) is 19.3. The van der Waals surface area contributed by atoms with Gasteiger partial charge in [-0.1, -0.05) is 35.5 Å². The first-order valence-electron chi connectivity index (χ1n) is 10.1. The number of carbonyl (C=O) groups is 1. The summed E-state index contributed by atoms with van der Waals surface area (Å²) in [6.07, 6.45) is 4.17. The fourth-order valence-corrected chi connectivity index (χ4v) is 4.18. The summed E-state index contributed by atoms with van der Waals surface area (Å²) in [5.41, 5.74) is 8.20. The molecule has 2 aromatic rings. The number of aromatic nitrogens is 3. The Morgan fingerprint density at radius 3 is 2.93 bits per heavy atom. The Hall–Kier alpha value is -2.29. The number of hydrogen-bond acceptors (Lipinski definition) is 6. The van der Waals surface area contributed by atoms with E-state index in [0.717, 1.165) is 26.2 Å². The molecule has 0 saturated carbocycles. The van der Waals surface area contributed by atoms with Gasteiger partial charge in [-0.3, -0.25) is 14.9 Å². The number of amides is 1. The van der Waals surface area contributed by atoms with E-state index >= 15 is 0 Å². The van der Waals surface area contributed by atoms with Crippen molar-refractivity contribution in [3.8, 4) is 0 Å². The van der Waals surface area contributed by atoms with Crippen LogP contribution in [0.25, 0.3) is 0 Å². The van der Waals surface area contributed by atoms with Gasteiger partial charge < -0.3 is 10.2 Å². The summed E-state index contributed by atoms with van der Waals surface area (Å²) in [6, 6.07) is 10.5. The molecule has 1 amide bonds. The number of hydrogen-bond donors (Lipinski definition) is 3. The molecule has 1 aromatic carbocycles. The number of nitrogens with one attached hydrogen (secondary N) is 3. The van der Waals surface area contributed by atoms with E-state index < -0.39 is 0 Å². The van der Waals surface area contributed by atoms with Crippen LogP contribution in [0.2, 0.25) is 0 Å². The van der Waals surface area contributed by atoms with Crippen LogP contribution in [-0.4, -0.2) is 59.0 Å². The Labute approximate surface area is 165 Å². The first-order valence-corrected chi connectivity index (χ1v) is 10.1. The van der Waals surface area contributed by atoms with Crippen molar-refractivity contribution in [3.63, 3.8) is 0 Å². The molecule has 2 fully saturated rings. The minimum absolute atomic E-state index is 0.0771. The highest BCUT2D eigenvalue weighted by Gasteiger charge is 2.30. The monoisotopic (exact) mass is 383 g/mol. The van der Waals surface area contributed by atoms with Crippen LogP contribution in [0.5, 0.6) is 0 Å². The summed E-state index contributed by atoms with van der Waals surface area (Å²) in [4.78, 5) is 14.6. The molecule has 4 rings (SSSR count). The SMILES string of the molecule is CN(CC1CNNC1c1ccccc1)C(=O)c1cn(CC2CCCNC2)nn1. The molecular weight excluding hydrogens is 354 g/mol. The second kappa shape index (κ2) is 8.81. The normalized spacial score (nSPS) is 25.0. The fraction of sp³-hybridized carbons (Fsp3) is 0.550. The van der Waals surface area contributed by atoms with Crippen LogP contribution in [0.15, 0.2) is 36.5 Å². The van der Waals surface area contributed by atoms with Gasteiger partial charge in [-0.05, 0) is 37.4 Å². The molecule has 150 valence electrons. The van der Waals surface area contributed by atoms with Crippen LogP contribution in [0.3, 0.4) is 0 Å². The largest absolute Gasteiger partial charge is 0.340 e. The maximum absolute atomic E-state index is 12.8. The lowest BCUT2D eigenvalue weighted by molar-refractivity contribution is 0.0765. The molecule has 8 heteroatoms. The molecular formula is C20H29N7O. The Morgan fingerprint density at radius 2 is 2.14 bits per heavy atom. The summed E-state index contributed by atoms with van der Waals surface area (Å²) in [6.45, 7) is 4.38. The zero-order valence-corrected chi connectivity index (χ0v) is 16.3. The third-order valence-electron chi connectivity index (χ3n) is 5.71. The summed E-state index contributed by atoms with van der Waals surface area (Å²) in [7, 11) is 1.84. The van der Waals surface area contributed by atoms with Crippen molar-refractivity contribution in [3.05, 3.63) is 47.8 Å². The molecule has 0 spiro atoms. The molecule has 3 atom stereocenters. The molecule has 3 heterocycles. The van der Waals surface area contributed by atoms with Gasteiger partial charge >= 0.3 is 0 Å². The highest BCUT2D eigenvalue weighted by molar-refractivity contribution is 5.91. The fourth-order valence-electron chi connectivity index (χ4n) is 4.18. The lowest BCUT2D eigenvalue weighted by Crippen LogP contribution is -2.35. The molecule has 2 aliphatic heterocycles. The van der Waals surface area contributed by atoms with Gasteiger partial charge in [0.25, 0.3) is 5.91 Å². The molecule has 0 bridgehead atoms. The lowest BCUT2D eigenvalue weighted by Gasteiger charge is -2.24. The molecule has 2 saturated heterocycles. The van der Waals surface area contributed by atoms with Crippen molar-refractivity contribution >= 4 is 5.91 Å². The van der Waals surface area contributed by atoms with Crippen molar-refractivity contribution in [1.82, 2.24) is 36.1 Å². The van der Waals surface area contributed by atoms with E-state index in [1.807, 2.05) is 29.9 Å². The van der Waals surface area contributed by atoms with E-state index in [1.165, 1.54) is 18.4 Å². The second-order valence-electron chi connectivity index (χ2n) is 7.90. The molecule has 3 N–H and O–H groups in total. The average Bonchev–Trinajstić information content (AvgIpc) is 3.38. The van der Waals surface area contributed by atoms with Gasteiger partial charge in [0.1, 0.15) is 0 Å². The Bertz CT molecular complexity index is 772. The van der Waals surface area contributed by atoms with Crippen LogP contribution < -0.4 is 16.2 Å². The van der Waals surface area contributed by atoms with Crippen LogP contribution in [0.1, 0.15) is 34.9 Å². The Balaban J connectivity index is 1.35. The Morgan fingerprint density at radius 1 is 1.29 bits per heavy atom. The van der Waals surface area contributed by atoms with Crippen molar-refractivity contribution in [2.24, 2.45) is 11.8 Å². The standard InChI is InChI=1S/C20H29N7O/c1-26(13-17-11-22-24-19(17)16-7-3-2-4-8-16)20(28)18-14-27(25-23-18)12-15-6-5-9-21-10-15/h2-4,7-8,14-15,17,19,21-22,24H,5-6,9-13H2,1H3. The molecule has 0 radical (unpaired) electrons. The smallest absolute Gasteiger partial charge is 0.275 e. The van der Waals surface area contributed by atoms with Gasteiger partial charge in [0.2, 0.25) is 0 Å². The number of carbonyl (C=O) groups excluding carboxylic acids is 1. The highest BCUT2D eigenvalue weighted by Crippen LogP contribution is 2.25. The number of piperidine rings is 1. The van der Waals surface area contributed by atoms with Crippen LogP contribution >= 0.6 is 0 Å². The molecule has 0 aliphatic carbocycles. The van der Waals surface area contributed by atoms with Crippen LogP contribution in [0, 0.1) is 11.8 Å². The molecule has 2 aliphatic rings. The van der Waals surface area contributed by atoms with Gasteiger partial charge in [-0.25, -0.2) is 5.43 Å². The topological polar surface area (TPSA) is 87.1 Å². The van der Waals surface area contributed by atoms with Crippen LogP contribution in [-0.2, 0) is 6.54 Å². The third kappa shape index (κ3) is 4.40. The predicted molar refractivity (Wildman–Crippen MR) is 106 cm³/mol. The zero-order valence-electron chi connectivity index (χ0n) is 16.3. The number of rotatable bonds is 6. The lowest BCUT2D eigenvalue weighted by atomic mass is 9.94. The minimum atomic E-state index is -0.0771. The van der Waals surface area contributed by atoms with E-state index in [0.29, 0.717) is 24.1 Å². The second-order valence-corrected chi connectivity index (χ2v) is 7.90. The average molecular weight is 384 g/mol. The van der Waals surface area contributed by atoms with E-state index in [1.54, 1.807) is 11.1 Å². The van der Waals surface area contributed by atoms with Gasteiger partial charge in [0, 0.05) is 32.6 Å². The van der Waals surface area contributed by atoms with Gasteiger partial charge in [0.15, 0.2) is 5.69 Å². The molecule has 28 heavy (non-hydrogen) atoms. The van der Waals surface area contributed by atoms with E-state index in [4.69, 9.17) is 0 Å². The quantitative estimate of drug-likeness (QED) is 0.685. The van der Waals surface area contributed by atoms with E-state index in [2.05, 4.69) is 38.6 Å². The highest BCUT2D eigenvalue weighted by atomic mass is 16.2. The van der Waals surface area contributed by atoms with Crippen molar-refractivity contribution in [2.45, 2.75) is 25.4 Å². The first-order chi connectivity index (χ1) is 13.7. The number of benzene rings is 1. The number of nitrogens with zero attached hydrogens (tertiary/aromatic N) is 4. The van der Waals surface area contributed by atoms with E-state index in [9.17, 15) is 4.79 Å². The summed E-state index contributed by atoms with van der Waals surface area (Å²) < 4.78 is 1.81. The van der Waals surface area contributed by atoms with Gasteiger partial charge in [-0.2, -0.15) is 0 Å².